The maximum atomic E-state index is 13.6. The first kappa shape index (κ1) is 15.2. The second-order valence-electron chi connectivity index (χ2n) is 3.94. The van der Waals surface area contributed by atoms with Crippen molar-refractivity contribution < 1.29 is 8.78 Å². The van der Waals surface area contributed by atoms with Gasteiger partial charge in [-0.3, -0.25) is 0 Å². The van der Waals surface area contributed by atoms with E-state index in [1.807, 2.05) is 6.92 Å². The summed E-state index contributed by atoms with van der Waals surface area (Å²) < 4.78 is 27.2. The predicted molar refractivity (Wildman–Crippen MR) is 79.0 cm³/mol. The van der Waals surface area contributed by atoms with Crippen LogP contribution in [0.4, 0.5) is 14.6 Å². The fourth-order valence-electron chi connectivity index (χ4n) is 1.45. The molecule has 2 rings (SSSR count). The van der Waals surface area contributed by atoms with Crippen LogP contribution in [0.1, 0.15) is 13.3 Å². The van der Waals surface area contributed by atoms with E-state index in [2.05, 4.69) is 31.2 Å². The summed E-state index contributed by atoms with van der Waals surface area (Å²) in [6.45, 7) is 2.83. The number of hydrogen-bond donors (Lipinski definition) is 1. The molecule has 1 N–H and O–H groups in total. The Labute approximate surface area is 128 Å². The number of halogens is 3. The molecule has 0 spiro atoms. The summed E-state index contributed by atoms with van der Waals surface area (Å²) in [5, 5.41) is 3.72. The third kappa shape index (κ3) is 3.67. The van der Waals surface area contributed by atoms with Crippen molar-refractivity contribution in [3.8, 4) is 0 Å². The molecule has 1 aromatic heterocycles. The minimum Gasteiger partial charge on any atom is -0.369 e. The molecule has 0 saturated heterocycles. The number of hydrogen-bond acceptors (Lipinski definition) is 4. The van der Waals surface area contributed by atoms with Crippen LogP contribution in [0.2, 0.25) is 0 Å². The minimum absolute atomic E-state index is 0.312. The van der Waals surface area contributed by atoms with E-state index in [1.165, 1.54) is 18.5 Å². The lowest BCUT2D eigenvalue weighted by Crippen LogP contribution is -2.03. The average Bonchev–Trinajstić information content (AvgIpc) is 2.42. The van der Waals surface area contributed by atoms with E-state index in [4.69, 9.17) is 0 Å². The lowest BCUT2D eigenvalue weighted by molar-refractivity contribution is 0.565. The molecule has 0 aliphatic carbocycles. The molecule has 2 aromatic rings. The highest BCUT2D eigenvalue weighted by Crippen LogP contribution is 2.36. The summed E-state index contributed by atoms with van der Waals surface area (Å²) in [6, 6.07) is 3.47. The second-order valence-corrected chi connectivity index (χ2v) is 5.77. The quantitative estimate of drug-likeness (QED) is 0.798. The third-order valence-corrected chi connectivity index (χ3v) is 4.47. The SMILES string of the molecule is CCCNc1ncnc(Sc2ccc(F)cc2F)c1Br. The van der Waals surface area contributed by atoms with Crippen LogP contribution in [0.5, 0.6) is 0 Å². The molecule has 0 saturated carbocycles. The Morgan fingerprint density at radius 1 is 1.30 bits per heavy atom. The highest BCUT2D eigenvalue weighted by molar-refractivity contribution is 9.10. The van der Waals surface area contributed by atoms with Crippen molar-refractivity contribution >= 4 is 33.5 Å². The van der Waals surface area contributed by atoms with E-state index in [9.17, 15) is 8.78 Å². The Morgan fingerprint density at radius 2 is 2.10 bits per heavy atom. The number of rotatable bonds is 5. The van der Waals surface area contributed by atoms with Gasteiger partial charge in [0.1, 0.15) is 28.8 Å². The maximum Gasteiger partial charge on any atom is 0.144 e. The molecule has 106 valence electrons. The van der Waals surface area contributed by atoms with Gasteiger partial charge in [0.25, 0.3) is 0 Å². The third-order valence-electron chi connectivity index (χ3n) is 2.40. The second kappa shape index (κ2) is 6.99. The molecule has 1 aromatic carbocycles. The lowest BCUT2D eigenvalue weighted by atomic mass is 10.3. The minimum atomic E-state index is -0.608. The van der Waals surface area contributed by atoms with Crippen molar-refractivity contribution in [1.82, 2.24) is 9.97 Å². The first-order valence-corrected chi connectivity index (χ1v) is 7.60. The van der Waals surface area contributed by atoms with E-state index in [0.29, 0.717) is 20.2 Å². The smallest absolute Gasteiger partial charge is 0.144 e. The standard InChI is InChI=1S/C13H12BrF2N3S/c1-2-5-17-12-11(14)13(19-7-18-12)20-10-4-3-8(15)6-9(10)16/h3-4,6-7H,2,5H2,1H3,(H,17,18,19). The summed E-state index contributed by atoms with van der Waals surface area (Å²) in [7, 11) is 0. The zero-order valence-electron chi connectivity index (χ0n) is 10.7. The Hall–Kier alpha value is -1.21. The first-order chi connectivity index (χ1) is 9.61. The number of nitrogens with one attached hydrogen (secondary N) is 1. The van der Waals surface area contributed by atoms with Gasteiger partial charge in [0.2, 0.25) is 0 Å². The average molecular weight is 360 g/mol. The first-order valence-electron chi connectivity index (χ1n) is 5.99. The fourth-order valence-corrected chi connectivity index (χ4v) is 2.83. The van der Waals surface area contributed by atoms with E-state index < -0.39 is 11.6 Å². The molecule has 1 heterocycles. The van der Waals surface area contributed by atoms with Gasteiger partial charge in [0, 0.05) is 17.5 Å². The van der Waals surface area contributed by atoms with Crippen LogP contribution < -0.4 is 5.32 Å². The molecule has 0 bridgehead atoms. The Bertz CT molecular complexity index is 610. The Morgan fingerprint density at radius 3 is 2.80 bits per heavy atom. The number of anilines is 1. The van der Waals surface area contributed by atoms with Gasteiger partial charge in [-0.15, -0.1) is 0 Å². The zero-order valence-corrected chi connectivity index (χ0v) is 13.1. The van der Waals surface area contributed by atoms with Gasteiger partial charge in [-0.2, -0.15) is 0 Å². The molecular weight excluding hydrogens is 348 g/mol. The van der Waals surface area contributed by atoms with Crippen LogP contribution >= 0.6 is 27.7 Å². The van der Waals surface area contributed by atoms with Gasteiger partial charge >= 0.3 is 0 Å². The van der Waals surface area contributed by atoms with Crippen LogP contribution in [-0.4, -0.2) is 16.5 Å². The summed E-state index contributed by atoms with van der Waals surface area (Å²) in [5.74, 6) is -0.547. The maximum absolute atomic E-state index is 13.6. The summed E-state index contributed by atoms with van der Waals surface area (Å²) in [6.07, 6.45) is 2.37. The topological polar surface area (TPSA) is 37.8 Å². The molecule has 0 aliphatic rings. The molecule has 0 amide bonds. The van der Waals surface area contributed by atoms with Crippen molar-refractivity contribution in [2.24, 2.45) is 0 Å². The van der Waals surface area contributed by atoms with E-state index >= 15 is 0 Å². The largest absolute Gasteiger partial charge is 0.369 e. The van der Waals surface area contributed by atoms with Crippen molar-refractivity contribution in [3.05, 3.63) is 40.6 Å². The Kier molecular flexibility index (Phi) is 5.31. The lowest BCUT2D eigenvalue weighted by Gasteiger charge is -2.09. The molecular formula is C13H12BrF2N3S. The van der Waals surface area contributed by atoms with Crippen LogP contribution in [0, 0.1) is 11.6 Å². The van der Waals surface area contributed by atoms with Crippen molar-refractivity contribution in [1.29, 1.82) is 0 Å². The van der Waals surface area contributed by atoms with Gasteiger partial charge in [0.05, 0.1) is 4.47 Å². The molecule has 0 radical (unpaired) electrons. The Balaban J connectivity index is 2.24. The van der Waals surface area contributed by atoms with Crippen LogP contribution in [0.15, 0.2) is 38.9 Å². The normalized spacial score (nSPS) is 10.6. The van der Waals surface area contributed by atoms with Crippen LogP contribution in [-0.2, 0) is 0 Å². The van der Waals surface area contributed by atoms with Crippen molar-refractivity contribution in [2.75, 3.05) is 11.9 Å². The number of aromatic nitrogens is 2. The molecule has 0 unspecified atom stereocenters. The highest BCUT2D eigenvalue weighted by atomic mass is 79.9. The summed E-state index contributed by atoms with van der Waals surface area (Å²) in [5.41, 5.74) is 0. The summed E-state index contributed by atoms with van der Waals surface area (Å²) >= 11 is 4.52. The predicted octanol–water partition coefficient (Wildman–Crippen LogP) is 4.49. The van der Waals surface area contributed by atoms with Crippen molar-refractivity contribution in [3.63, 3.8) is 0 Å². The van der Waals surface area contributed by atoms with E-state index in [1.54, 1.807) is 0 Å². The highest BCUT2D eigenvalue weighted by Gasteiger charge is 2.12. The summed E-state index contributed by atoms with van der Waals surface area (Å²) in [4.78, 5) is 8.54. The van der Waals surface area contributed by atoms with Gasteiger partial charge in [-0.25, -0.2) is 18.7 Å². The molecule has 0 atom stereocenters. The van der Waals surface area contributed by atoms with Crippen LogP contribution in [0.25, 0.3) is 0 Å². The van der Waals surface area contributed by atoms with Crippen LogP contribution in [0.3, 0.4) is 0 Å². The van der Waals surface area contributed by atoms with Gasteiger partial charge < -0.3 is 5.32 Å². The van der Waals surface area contributed by atoms with Gasteiger partial charge in [0.15, 0.2) is 0 Å². The van der Waals surface area contributed by atoms with Gasteiger partial charge in [-0.05, 0) is 34.5 Å². The van der Waals surface area contributed by atoms with E-state index in [-0.39, 0.29) is 0 Å². The molecule has 7 heteroatoms. The molecule has 20 heavy (non-hydrogen) atoms. The number of nitrogens with zero attached hydrogens (tertiary/aromatic N) is 2. The number of benzene rings is 1. The molecule has 3 nitrogen and oxygen atoms in total. The molecule has 0 aliphatic heterocycles. The monoisotopic (exact) mass is 359 g/mol. The van der Waals surface area contributed by atoms with Crippen molar-refractivity contribution in [2.45, 2.75) is 23.3 Å². The fraction of sp³-hybridized carbons (Fsp3) is 0.231. The molecule has 0 fully saturated rings. The van der Waals surface area contributed by atoms with E-state index in [0.717, 1.165) is 30.8 Å². The van der Waals surface area contributed by atoms with Gasteiger partial charge in [-0.1, -0.05) is 18.7 Å². The zero-order chi connectivity index (χ0) is 14.5.